The number of nitrogens with zero attached hydrogens (tertiary/aromatic N) is 2. The second-order valence-electron chi connectivity index (χ2n) is 5.64. The summed E-state index contributed by atoms with van der Waals surface area (Å²) in [5, 5.41) is 0. The van der Waals surface area contributed by atoms with E-state index < -0.39 is 0 Å². The van der Waals surface area contributed by atoms with Gasteiger partial charge >= 0.3 is 0 Å². The van der Waals surface area contributed by atoms with Crippen LogP contribution in [0.15, 0.2) is 53.8 Å². The molecule has 1 aliphatic heterocycles. The first-order valence-electron chi connectivity index (χ1n) is 7.87. The molecule has 1 aromatic rings. The van der Waals surface area contributed by atoms with Crippen LogP contribution in [-0.2, 0) is 0 Å². The molecule has 0 atom stereocenters. The van der Waals surface area contributed by atoms with Crippen LogP contribution in [0.4, 0.5) is 5.69 Å². The maximum Gasteiger partial charge on any atom is 0.0366 e. The Balaban J connectivity index is 2.10. The Kier molecular flexibility index (Phi) is 6.20. The third-order valence-electron chi connectivity index (χ3n) is 3.96. The second kappa shape index (κ2) is 8.14. The molecule has 1 aromatic carbocycles. The van der Waals surface area contributed by atoms with Crippen molar-refractivity contribution in [2.24, 2.45) is 0 Å². The highest BCUT2D eigenvalue weighted by molar-refractivity contribution is 7.80. The number of hydrogen-bond donors (Lipinski definition) is 1. The molecular weight excluding hydrogens is 288 g/mol. The van der Waals surface area contributed by atoms with Crippen molar-refractivity contribution in [3.05, 3.63) is 59.3 Å². The molecule has 0 aliphatic carbocycles. The molecule has 118 valence electrons. The van der Waals surface area contributed by atoms with Gasteiger partial charge in [0.25, 0.3) is 0 Å². The van der Waals surface area contributed by atoms with E-state index in [-0.39, 0.29) is 0 Å². The molecule has 22 heavy (non-hydrogen) atoms. The van der Waals surface area contributed by atoms with Crippen molar-refractivity contribution in [3.63, 3.8) is 0 Å². The lowest BCUT2D eigenvalue weighted by atomic mass is 10.0. The molecule has 1 heterocycles. The van der Waals surface area contributed by atoms with Gasteiger partial charge in [0.2, 0.25) is 0 Å². The second-order valence-corrected chi connectivity index (χ2v) is 6.08. The lowest BCUT2D eigenvalue weighted by Gasteiger charge is -2.22. The van der Waals surface area contributed by atoms with Crippen LogP contribution in [-0.4, -0.2) is 37.3 Å². The Morgan fingerprint density at radius 2 is 2.05 bits per heavy atom. The largest absolute Gasteiger partial charge is 0.377 e. The Hall–Kier alpha value is -1.61. The summed E-state index contributed by atoms with van der Waals surface area (Å²) in [4.78, 5) is 4.52. The first-order valence-corrected chi connectivity index (χ1v) is 8.50. The number of benzene rings is 1. The Morgan fingerprint density at radius 3 is 2.59 bits per heavy atom. The van der Waals surface area contributed by atoms with Crippen molar-refractivity contribution in [3.8, 4) is 0 Å². The molecule has 0 fully saturated rings. The predicted molar refractivity (Wildman–Crippen MR) is 102 cm³/mol. The zero-order valence-electron chi connectivity index (χ0n) is 13.8. The van der Waals surface area contributed by atoms with Gasteiger partial charge in [-0.1, -0.05) is 24.3 Å². The molecule has 0 spiro atoms. The molecule has 0 bridgehead atoms. The van der Waals surface area contributed by atoms with Crippen LogP contribution in [0, 0.1) is 0 Å². The molecule has 0 N–H and O–H groups in total. The van der Waals surface area contributed by atoms with Crippen LogP contribution >= 0.6 is 12.6 Å². The Bertz CT molecular complexity index is 570. The highest BCUT2D eigenvalue weighted by atomic mass is 32.1. The summed E-state index contributed by atoms with van der Waals surface area (Å²) in [6, 6.07) is 8.79. The summed E-state index contributed by atoms with van der Waals surface area (Å²) in [7, 11) is 2.09. The molecule has 0 saturated carbocycles. The summed E-state index contributed by atoms with van der Waals surface area (Å²) in [6.45, 7) is 7.33. The molecular formula is C19H26N2S. The average molecular weight is 314 g/mol. The van der Waals surface area contributed by atoms with Gasteiger partial charge in [-0.15, -0.1) is 0 Å². The minimum atomic E-state index is 0.879. The van der Waals surface area contributed by atoms with Gasteiger partial charge in [-0.25, -0.2) is 0 Å². The molecule has 1 aliphatic rings. The van der Waals surface area contributed by atoms with E-state index in [9.17, 15) is 0 Å². The fourth-order valence-electron chi connectivity index (χ4n) is 2.58. The molecule has 0 saturated heterocycles. The van der Waals surface area contributed by atoms with Crippen LogP contribution in [0.5, 0.6) is 0 Å². The van der Waals surface area contributed by atoms with Gasteiger partial charge in [-0.2, -0.15) is 12.6 Å². The molecule has 2 rings (SSSR count). The zero-order valence-corrected chi connectivity index (χ0v) is 14.7. The van der Waals surface area contributed by atoms with Crippen molar-refractivity contribution in [2.45, 2.75) is 13.8 Å². The summed E-state index contributed by atoms with van der Waals surface area (Å²) in [6.07, 6.45) is 8.83. The molecule has 0 aromatic heterocycles. The number of rotatable bonds is 6. The van der Waals surface area contributed by atoms with Gasteiger partial charge < -0.3 is 9.80 Å². The van der Waals surface area contributed by atoms with Crippen LogP contribution in [0.1, 0.15) is 19.4 Å². The maximum atomic E-state index is 4.33. The monoisotopic (exact) mass is 314 g/mol. The van der Waals surface area contributed by atoms with Crippen LogP contribution < -0.4 is 4.90 Å². The lowest BCUT2D eigenvalue weighted by Crippen LogP contribution is -2.24. The first-order chi connectivity index (χ1) is 10.6. The average Bonchev–Trinajstić information content (AvgIpc) is 2.54. The van der Waals surface area contributed by atoms with Crippen molar-refractivity contribution in [1.82, 2.24) is 4.90 Å². The molecule has 0 radical (unpaired) electrons. The van der Waals surface area contributed by atoms with Crippen molar-refractivity contribution < 1.29 is 0 Å². The third kappa shape index (κ3) is 4.44. The Morgan fingerprint density at radius 1 is 1.32 bits per heavy atom. The number of likely N-dealkylation sites (N-methyl/N-ethyl adjacent to an activating group) is 1. The highest BCUT2D eigenvalue weighted by Crippen LogP contribution is 2.20. The first kappa shape index (κ1) is 16.8. The molecule has 0 unspecified atom stereocenters. The van der Waals surface area contributed by atoms with Crippen LogP contribution in [0.3, 0.4) is 0 Å². The van der Waals surface area contributed by atoms with Crippen molar-refractivity contribution >= 4 is 24.4 Å². The van der Waals surface area contributed by atoms with E-state index in [2.05, 4.69) is 92.0 Å². The smallest absolute Gasteiger partial charge is 0.0366 e. The van der Waals surface area contributed by atoms with E-state index in [1.807, 2.05) is 0 Å². The van der Waals surface area contributed by atoms with Crippen LogP contribution in [0.25, 0.3) is 6.08 Å². The van der Waals surface area contributed by atoms with E-state index in [4.69, 9.17) is 0 Å². The Labute approximate surface area is 140 Å². The third-order valence-corrected chi connectivity index (χ3v) is 4.16. The summed E-state index contributed by atoms with van der Waals surface area (Å²) in [5.74, 6) is 0.879. The van der Waals surface area contributed by atoms with E-state index >= 15 is 0 Å². The molecule has 3 heteroatoms. The zero-order chi connectivity index (χ0) is 15.9. The van der Waals surface area contributed by atoms with Crippen LogP contribution in [0.2, 0.25) is 0 Å². The molecule has 0 amide bonds. The minimum Gasteiger partial charge on any atom is -0.377 e. The van der Waals surface area contributed by atoms with Crippen molar-refractivity contribution in [1.29, 1.82) is 0 Å². The minimum absolute atomic E-state index is 0.879. The lowest BCUT2D eigenvalue weighted by molar-refractivity contribution is 0.503. The predicted octanol–water partition coefficient (Wildman–Crippen LogP) is 4.23. The molecule has 2 nitrogen and oxygen atoms in total. The van der Waals surface area contributed by atoms with Gasteiger partial charge in [0.15, 0.2) is 0 Å². The van der Waals surface area contributed by atoms with Gasteiger partial charge in [0, 0.05) is 38.1 Å². The number of allylic oxidation sites excluding steroid dienone is 3. The fraction of sp³-hybridized carbons (Fsp3) is 0.368. The van der Waals surface area contributed by atoms with E-state index in [1.54, 1.807) is 0 Å². The highest BCUT2D eigenvalue weighted by Gasteiger charge is 2.04. The SMILES string of the molecule is CCN(CCS)c1ccc(/C=C(\C)C2=CCN(C)C=C2)cc1. The quantitative estimate of drug-likeness (QED) is 0.785. The standard InChI is InChI=1S/C19H26N2S/c1-4-21(13-14-22)19-7-5-17(6-8-19)15-16(2)18-9-11-20(3)12-10-18/h5-11,15,22H,4,12-14H2,1-3H3/b16-15+. The van der Waals surface area contributed by atoms with E-state index in [1.165, 1.54) is 22.4 Å². The van der Waals surface area contributed by atoms with Gasteiger partial charge in [0.1, 0.15) is 0 Å². The topological polar surface area (TPSA) is 6.48 Å². The van der Waals surface area contributed by atoms with E-state index in [0.29, 0.717) is 0 Å². The van der Waals surface area contributed by atoms with Gasteiger partial charge in [0.05, 0.1) is 0 Å². The van der Waals surface area contributed by atoms with Crippen molar-refractivity contribution in [2.75, 3.05) is 37.3 Å². The summed E-state index contributed by atoms with van der Waals surface area (Å²) < 4.78 is 0. The number of anilines is 1. The number of thiol groups is 1. The summed E-state index contributed by atoms with van der Waals surface area (Å²) in [5.41, 5.74) is 5.13. The van der Waals surface area contributed by atoms with E-state index in [0.717, 1.165) is 25.4 Å². The fourth-order valence-corrected chi connectivity index (χ4v) is 2.82. The van der Waals surface area contributed by atoms with Gasteiger partial charge in [-0.05, 0) is 55.0 Å². The van der Waals surface area contributed by atoms with Gasteiger partial charge in [-0.3, -0.25) is 0 Å². The maximum absolute atomic E-state index is 4.33. The normalized spacial score (nSPS) is 15.0. The summed E-state index contributed by atoms with van der Waals surface area (Å²) >= 11 is 4.33. The number of hydrogen-bond acceptors (Lipinski definition) is 3.